The molecule has 0 spiro atoms. The Balaban J connectivity index is 1.84. The van der Waals surface area contributed by atoms with Gasteiger partial charge in [-0.3, -0.25) is 4.90 Å². The molecule has 0 amide bonds. The molecule has 1 fully saturated rings. The van der Waals surface area contributed by atoms with Gasteiger partial charge in [-0.25, -0.2) is 4.68 Å². The lowest BCUT2D eigenvalue weighted by molar-refractivity contribution is 0.229. The van der Waals surface area contributed by atoms with Crippen LogP contribution >= 0.6 is 0 Å². The number of rotatable bonds is 3. The minimum Gasteiger partial charge on any atom is -0.314 e. The van der Waals surface area contributed by atoms with Gasteiger partial charge in [0.2, 0.25) is 0 Å². The van der Waals surface area contributed by atoms with E-state index in [9.17, 15) is 0 Å². The van der Waals surface area contributed by atoms with Gasteiger partial charge in [-0.15, -0.1) is 5.10 Å². The van der Waals surface area contributed by atoms with Crippen LogP contribution in [-0.4, -0.2) is 46.1 Å². The normalized spacial score (nSPS) is 16.7. The summed E-state index contributed by atoms with van der Waals surface area (Å²) in [6, 6.07) is 8.28. The van der Waals surface area contributed by atoms with Gasteiger partial charge in [-0.1, -0.05) is 23.4 Å². The number of benzene rings is 1. The monoisotopic (exact) mass is 257 g/mol. The van der Waals surface area contributed by atoms with E-state index in [2.05, 4.69) is 39.6 Å². The number of para-hydroxylation sites is 1. The van der Waals surface area contributed by atoms with Crippen LogP contribution in [0.2, 0.25) is 0 Å². The fourth-order valence-electron chi connectivity index (χ4n) is 2.47. The fourth-order valence-corrected chi connectivity index (χ4v) is 2.47. The number of hydrogen-bond acceptors (Lipinski definition) is 4. The topological polar surface area (TPSA) is 46.0 Å². The molecule has 5 nitrogen and oxygen atoms in total. The first-order valence-corrected chi connectivity index (χ1v) is 6.73. The summed E-state index contributed by atoms with van der Waals surface area (Å²) in [7, 11) is 0. The van der Waals surface area contributed by atoms with E-state index in [4.69, 9.17) is 0 Å². The highest BCUT2D eigenvalue weighted by molar-refractivity contribution is 5.40. The summed E-state index contributed by atoms with van der Waals surface area (Å²) in [5.74, 6) is 0. The molecule has 0 atom stereocenters. The van der Waals surface area contributed by atoms with Gasteiger partial charge in [-0.2, -0.15) is 0 Å². The lowest BCUT2D eigenvalue weighted by Crippen LogP contribution is -2.43. The molecule has 3 rings (SSSR count). The molecular weight excluding hydrogens is 238 g/mol. The van der Waals surface area contributed by atoms with Gasteiger partial charge >= 0.3 is 0 Å². The van der Waals surface area contributed by atoms with Gasteiger partial charge < -0.3 is 5.32 Å². The molecule has 5 heteroatoms. The van der Waals surface area contributed by atoms with Crippen molar-refractivity contribution in [3.8, 4) is 5.69 Å². The van der Waals surface area contributed by atoms with E-state index in [0.29, 0.717) is 0 Å². The summed E-state index contributed by atoms with van der Waals surface area (Å²) in [6.07, 6.45) is 1.87. The molecule has 2 aromatic rings. The molecule has 1 saturated heterocycles. The third-order valence-electron chi connectivity index (χ3n) is 3.56. The van der Waals surface area contributed by atoms with Crippen LogP contribution in [-0.2, 0) is 6.54 Å². The fraction of sp³-hybridized carbons (Fsp3) is 0.429. The lowest BCUT2D eigenvalue weighted by atomic mass is 10.2. The maximum absolute atomic E-state index is 4.24. The van der Waals surface area contributed by atoms with E-state index < -0.39 is 0 Å². The summed E-state index contributed by atoms with van der Waals surface area (Å²) in [5.41, 5.74) is 3.48. The molecule has 1 aliphatic rings. The maximum atomic E-state index is 4.24. The maximum Gasteiger partial charge on any atom is 0.0786 e. The number of aromatic nitrogens is 3. The largest absolute Gasteiger partial charge is 0.314 e. The van der Waals surface area contributed by atoms with Crippen LogP contribution in [0.25, 0.3) is 5.69 Å². The van der Waals surface area contributed by atoms with Crippen molar-refractivity contribution in [3.63, 3.8) is 0 Å². The van der Waals surface area contributed by atoms with E-state index >= 15 is 0 Å². The second kappa shape index (κ2) is 5.50. The zero-order valence-corrected chi connectivity index (χ0v) is 11.2. The molecule has 0 unspecified atom stereocenters. The number of aryl methyl sites for hydroxylation is 1. The van der Waals surface area contributed by atoms with Crippen molar-refractivity contribution in [2.24, 2.45) is 0 Å². The van der Waals surface area contributed by atoms with E-state index in [-0.39, 0.29) is 0 Å². The molecule has 1 N–H and O–H groups in total. The summed E-state index contributed by atoms with van der Waals surface area (Å²) < 4.78 is 1.96. The van der Waals surface area contributed by atoms with Crippen LogP contribution in [0.1, 0.15) is 11.3 Å². The van der Waals surface area contributed by atoms with E-state index in [1.807, 2.05) is 23.0 Å². The minimum atomic E-state index is 0.906. The molecule has 2 heterocycles. The third kappa shape index (κ3) is 2.67. The molecule has 19 heavy (non-hydrogen) atoms. The standard InChI is InChI=1S/C14H19N5/c1-12-4-2-3-5-14(12)19-13(10-16-17-19)11-18-8-6-15-7-9-18/h2-5,10,15H,6-9,11H2,1H3. The molecule has 1 aromatic carbocycles. The highest BCUT2D eigenvalue weighted by atomic mass is 15.4. The Morgan fingerprint density at radius 1 is 1.21 bits per heavy atom. The van der Waals surface area contributed by atoms with Crippen molar-refractivity contribution in [3.05, 3.63) is 41.7 Å². The molecule has 0 radical (unpaired) electrons. The summed E-state index contributed by atoms with van der Waals surface area (Å²) in [6.45, 7) is 7.30. The molecule has 1 aromatic heterocycles. The molecule has 0 saturated carbocycles. The summed E-state index contributed by atoms with van der Waals surface area (Å²) in [5, 5.41) is 11.7. The lowest BCUT2D eigenvalue weighted by Gasteiger charge is -2.27. The predicted octanol–water partition coefficient (Wildman–Crippen LogP) is 0.981. The van der Waals surface area contributed by atoms with Crippen LogP contribution in [0, 0.1) is 6.92 Å². The van der Waals surface area contributed by atoms with Crippen molar-refractivity contribution >= 4 is 0 Å². The van der Waals surface area contributed by atoms with Crippen LogP contribution in [0.4, 0.5) is 0 Å². The molecule has 100 valence electrons. The van der Waals surface area contributed by atoms with Crippen LogP contribution < -0.4 is 5.32 Å². The zero-order chi connectivity index (χ0) is 13.1. The molecule has 0 bridgehead atoms. The second-order valence-electron chi connectivity index (χ2n) is 4.95. The van der Waals surface area contributed by atoms with Gasteiger partial charge in [0.25, 0.3) is 0 Å². The Morgan fingerprint density at radius 3 is 2.79 bits per heavy atom. The highest BCUT2D eigenvalue weighted by Gasteiger charge is 2.14. The van der Waals surface area contributed by atoms with Gasteiger partial charge in [0.15, 0.2) is 0 Å². The predicted molar refractivity (Wildman–Crippen MR) is 74.2 cm³/mol. The van der Waals surface area contributed by atoms with Crippen LogP contribution in [0.5, 0.6) is 0 Å². The summed E-state index contributed by atoms with van der Waals surface area (Å²) >= 11 is 0. The number of piperazine rings is 1. The Bertz CT molecular complexity index is 542. The van der Waals surface area contributed by atoms with Crippen molar-refractivity contribution in [2.45, 2.75) is 13.5 Å². The number of nitrogens with zero attached hydrogens (tertiary/aromatic N) is 4. The Labute approximate surface area is 113 Å². The van der Waals surface area contributed by atoms with E-state index in [1.165, 1.54) is 5.56 Å². The Morgan fingerprint density at radius 2 is 2.00 bits per heavy atom. The van der Waals surface area contributed by atoms with Crippen LogP contribution in [0.15, 0.2) is 30.5 Å². The van der Waals surface area contributed by atoms with Crippen molar-refractivity contribution in [1.82, 2.24) is 25.2 Å². The van der Waals surface area contributed by atoms with Gasteiger partial charge in [-0.05, 0) is 18.6 Å². The Hall–Kier alpha value is -1.72. The van der Waals surface area contributed by atoms with Crippen molar-refractivity contribution in [2.75, 3.05) is 26.2 Å². The van der Waals surface area contributed by atoms with Crippen LogP contribution in [0.3, 0.4) is 0 Å². The SMILES string of the molecule is Cc1ccccc1-n1nncc1CN1CCNCC1. The van der Waals surface area contributed by atoms with Crippen molar-refractivity contribution < 1.29 is 0 Å². The number of nitrogens with one attached hydrogen (secondary N) is 1. The van der Waals surface area contributed by atoms with Gasteiger partial charge in [0, 0.05) is 32.7 Å². The van der Waals surface area contributed by atoms with E-state index in [0.717, 1.165) is 44.1 Å². The quantitative estimate of drug-likeness (QED) is 0.890. The minimum absolute atomic E-state index is 0.906. The van der Waals surface area contributed by atoms with Crippen molar-refractivity contribution in [1.29, 1.82) is 0 Å². The molecule has 1 aliphatic heterocycles. The second-order valence-corrected chi connectivity index (χ2v) is 4.95. The first-order chi connectivity index (χ1) is 9.34. The Kier molecular flexibility index (Phi) is 3.57. The van der Waals surface area contributed by atoms with Gasteiger partial charge in [0.1, 0.15) is 0 Å². The average molecular weight is 257 g/mol. The smallest absolute Gasteiger partial charge is 0.0786 e. The average Bonchev–Trinajstić information content (AvgIpc) is 2.88. The molecule has 0 aliphatic carbocycles. The van der Waals surface area contributed by atoms with Gasteiger partial charge in [0.05, 0.1) is 17.6 Å². The first-order valence-electron chi connectivity index (χ1n) is 6.73. The highest BCUT2D eigenvalue weighted by Crippen LogP contribution is 2.15. The molecular formula is C14H19N5. The van der Waals surface area contributed by atoms with E-state index in [1.54, 1.807) is 0 Å². The third-order valence-corrected chi connectivity index (χ3v) is 3.56. The zero-order valence-electron chi connectivity index (χ0n) is 11.2. The summed E-state index contributed by atoms with van der Waals surface area (Å²) in [4.78, 5) is 2.43. The first kappa shape index (κ1) is 12.3. The number of hydrogen-bond donors (Lipinski definition) is 1.